The van der Waals surface area contributed by atoms with E-state index in [1.807, 2.05) is 6.07 Å². The van der Waals surface area contributed by atoms with E-state index >= 15 is 0 Å². The predicted molar refractivity (Wildman–Crippen MR) is 74.7 cm³/mol. The first-order valence-corrected chi connectivity index (χ1v) is 6.37. The van der Waals surface area contributed by atoms with Crippen LogP contribution in [0.4, 0.5) is 0 Å². The number of hydrogen-bond donors (Lipinski definition) is 0. The van der Waals surface area contributed by atoms with Gasteiger partial charge in [-0.1, -0.05) is 19.1 Å². The summed E-state index contributed by atoms with van der Waals surface area (Å²) in [6, 6.07) is 15.5. The zero-order valence-electron chi connectivity index (χ0n) is 11.4. The Balaban J connectivity index is 2.12. The largest absolute Gasteiger partial charge is 0.453 e. The first-order valence-electron chi connectivity index (χ1n) is 6.37. The lowest BCUT2D eigenvalue weighted by Crippen LogP contribution is -2.06. The van der Waals surface area contributed by atoms with Crippen LogP contribution in [0, 0.1) is 11.3 Å². The molecule has 0 aliphatic rings. The van der Waals surface area contributed by atoms with Gasteiger partial charge in [0.05, 0.1) is 11.6 Å². The van der Waals surface area contributed by atoms with Gasteiger partial charge >= 0.3 is 5.97 Å². The van der Waals surface area contributed by atoms with Gasteiger partial charge in [0.1, 0.15) is 5.75 Å². The van der Waals surface area contributed by atoms with E-state index in [0.29, 0.717) is 22.8 Å². The highest BCUT2D eigenvalue weighted by Crippen LogP contribution is 2.31. The van der Waals surface area contributed by atoms with Crippen molar-refractivity contribution in [2.45, 2.75) is 13.3 Å². The predicted octanol–water partition coefficient (Wildman–Crippen LogP) is 3.60. The van der Waals surface area contributed by atoms with Crippen LogP contribution in [-0.4, -0.2) is 5.97 Å². The fourth-order valence-electron chi connectivity index (χ4n) is 1.48. The molecule has 0 heterocycles. The average Bonchev–Trinajstić information content (AvgIpc) is 2.54. The highest BCUT2D eigenvalue weighted by Gasteiger charge is 2.09. The third-order valence-corrected chi connectivity index (χ3v) is 2.57. The summed E-state index contributed by atoms with van der Waals surface area (Å²) in [6.07, 6.45) is 0.221. The van der Waals surface area contributed by atoms with Crippen LogP contribution in [0.5, 0.6) is 17.2 Å². The van der Waals surface area contributed by atoms with E-state index in [-0.39, 0.29) is 6.42 Å². The SMILES string of the molecule is CCC(=O)OOc1ccccc1Oc1ccc(C#N)cc1. The topological polar surface area (TPSA) is 68.6 Å². The molecule has 106 valence electrons. The van der Waals surface area contributed by atoms with E-state index < -0.39 is 5.97 Å². The van der Waals surface area contributed by atoms with Crippen molar-refractivity contribution in [3.05, 3.63) is 54.1 Å². The van der Waals surface area contributed by atoms with Gasteiger partial charge in [-0.15, -0.1) is 0 Å². The molecule has 0 atom stereocenters. The van der Waals surface area contributed by atoms with Crippen LogP contribution in [0.25, 0.3) is 0 Å². The fraction of sp³-hybridized carbons (Fsp3) is 0.125. The Hall–Kier alpha value is -3.00. The van der Waals surface area contributed by atoms with Crippen LogP contribution in [-0.2, 0) is 9.68 Å². The minimum Gasteiger partial charge on any atom is -0.453 e. The lowest BCUT2D eigenvalue weighted by molar-refractivity contribution is -0.213. The van der Waals surface area contributed by atoms with Crippen molar-refractivity contribution in [2.24, 2.45) is 0 Å². The van der Waals surface area contributed by atoms with E-state index in [1.54, 1.807) is 55.5 Å². The number of hydrogen-bond acceptors (Lipinski definition) is 5. The van der Waals surface area contributed by atoms with Crippen LogP contribution < -0.4 is 9.62 Å². The van der Waals surface area contributed by atoms with E-state index in [9.17, 15) is 4.79 Å². The second-order valence-electron chi connectivity index (χ2n) is 4.08. The Morgan fingerprint density at radius 2 is 1.76 bits per heavy atom. The highest BCUT2D eigenvalue weighted by atomic mass is 17.2. The fourth-order valence-corrected chi connectivity index (χ4v) is 1.48. The van der Waals surface area contributed by atoms with E-state index in [0.717, 1.165) is 0 Å². The van der Waals surface area contributed by atoms with Crippen molar-refractivity contribution in [2.75, 3.05) is 0 Å². The Morgan fingerprint density at radius 1 is 1.10 bits per heavy atom. The van der Waals surface area contributed by atoms with Gasteiger partial charge in [-0.25, -0.2) is 4.79 Å². The minimum atomic E-state index is -0.469. The summed E-state index contributed by atoms with van der Waals surface area (Å²) in [6.45, 7) is 1.67. The third kappa shape index (κ3) is 3.98. The molecule has 0 aliphatic heterocycles. The maximum absolute atomic E-state index is 11.1. The monoisotopic (exact) mass is 283 g/mol. The molecule has 0 N–H and O–H groups in total. The van der Waals surface area contributed by atoms with Gasteiger partial charge < -0.3 is 4.74 Å². The van der Waals surface area contributed by atoms with Gasteiger partial charge in [-0.05, 0) is 36.4 Å². The summed E-state index contributed by atoms with van der Waals surface area (Å²) in [5.41, 5.74) is 0.545. The molecule has 0 aromatic heterocycles. The Labute approximate surface area is 122 Å². The lowest BCUT2D eigenvalue weighted by atomic mass is 10.2. The molecule has 0 unspecified atom stereocenters. The number of benzene rings is 2. The van der Waals surface area contributed by atoms with Gasteiger partial charge in [0.25, 0.3) is 0 Å². The molecular weight excluding hydrogens is 270 g/mol. The maximum Gasteiger partial charge on any atom is 0.355 e. The number of nitrogens with zero attached hydrogens (tertiary/aromatic N) is 1. The standard InChI is InChI=1S/C16H13NO4/c1-2-16(18)21-20-15-6-4-3-5-14(15)19-13-9-7-12(11-17)8-10-13/h3-10H,2H2,1H3. The normalized spacial score (nSPS) is 9.52. The van der Waals surface area contributed by atoms with E-state index in [4.69, 9.17) is 14.9 Å². The number of nitriles is 1. The molecule has 0 radical (unpaired) electrons. The Kier molecular flexibility index (Phi) is 4.78. The van der Waals surface area contributed by atoms with Crippen molar-refractivity contribution in [1.29, 1.82) is 5.26 Å². The van der Waals surface area contributed by atoms with Gasteiger partial charge in [-0.3, -0.25) is 9.78 Å². The summed E-state index contributed by atoms with van der Waals surface area (Å²) in [7, 11) is 0. The molecule has 0 saturated carbocycles. The van der Waals surface area contributed by atoms with Crippen molar-refractivity contribution < 1.29 is 19.3 Å². The minimum absolute atomic E-state index is 0.221. The summed E-state index contributed by atoms with van der Waals surface area (Å²) in [4.78, 5) is 20.7. The average molecular weight is 283 g/mol. The summed E-state index contributed by atoms with van der Waals surface area (Å²) in [5, 5.41) is 8.75. The van der Waals surface area contributed by atoms with Crippen molar-refractivity contribution in [3.8, 4) is 23.3 Å². The molecule has 0 saturated heterocycles. The van der Waals surface area contributed by atoms with Gasteiger partial charge in [-0.2, -0.15) is 5.26 Å². The summed E-state index contributed by atoms with van der Waals surface area (Å²) in [5.74, 6) is 0.782. The van der Waals surface area contributed by atoms with Crippen LogP contribution in [0.3, 0.4) is 0 Å². The van der Waals surface area contributed by atoms with Gasteiger partial charge in [0.15, 0.2) is 5.75 Å². The van der Waals surface area contributed by atoms with Crippen LogP contribution in [0.1, 0.15) is 18.9 Å². The molecule has 21 heavy (non-hydrogen) atoms. The van der Waals surface area contributed by atoms with Crippen molar-refractivity contribution in [1.82, 2.24) is 0 Å². The first-order chi connectivity index (χ1) is 10.2. The number of carbonyl (C=O) groups excluding carboxylic acids is 1. The maximum atomic E-state index is 11.1. The Bertz CT molecular complexity index is 659. The quantitative estimate of drug-likeness (QED) is 0.619. The smallest absolute Gasteiger partial charge is 0.355 e. The van der Waals surface area contributed by atoms with Crippen molar-refractivity contribution >= 4 is 5.97 Å². The molecule has 5 heteroatoms. The molecule has 2 aromatic carbocycles. The number of ether oxygens (including phenoxy) is 1. The zero-order chi connectivity index (χ0) is 15.1. The van der Waals surface area contributed by atoms with Crippen molar-refractivity contribution in [3.63, 3.8) is 0 Å². The second kappa shape index (κ2) is 6.96. The molecule has 0 bridgehead atoms. The number of para-hydroxylation sites is 2. The zero-order valence-corrected chi connectivity index (χ0v) is 11.4. The molecule has 0 spiro atoms. The van der Waals surface area contributed by atoms with E-state index in [1.165, 1.54) is 0 Å². The second-order valence-corrected chi connectivity index (χ2v) is 4.08. The van der Waals surface area contributed by atoms with Gasteiger partial charge in [0, 0.05) is 6.42 Å². The third-order valence-electron chi connectivity index (χ3n) is 2.57. The van der Waals surface area contributed by atoms with Crippen LogP contribution in [0.15, 0.2) is 48.5 Å². The number of rotatable bonds is 5. The molecule has 0 fully saturated rings. The first kappa shape index (κ1) is 14.4. The van der Waals surface area contributed by atoms with Gasteiger partial charge in [0.2, 0.25) is 5.75 Å². The number of carbonyl (C=O) groups is 1. The molecular formula is C16H13NO4. The molecule has 2 aromatic rings. The molecule has 0 aliphatic carbocycles. The molecule has 5 nitrogen and oxygen atoms in total. The highest BCUT2D eigenvalue weighted by molar-refractivity contribution is 5.68. The van der Waals surface area contributed by atoms with Crippen LogP contribution in [0.2, 0.25) is 0 Å². The van der Waals surface area contributed by atoms with Crippen LogP contribution >= 0.6 is 0 Å². The molecule has 2 rings (SSSR count). The summed E-state index contributed by atoms with van der Waals surface area (Å²) < 4.78 is 5.65. The van der Waals surface area contributed by atoms with E-state index in [2.05, 4.69) is 4.89 Å². The lowest BCUT2D eigenvalue weighted by Gasteiger charge is -2.10. The molecule has 0 amide bonds. The Morgan fingerprint density at radius 3 is 2.38 bits per heavy atom. The summed E-state index contributed by atoms with van der Waals surface area (Å²) >= 11 is 0.